The lowest BCUT2D eigenvalue weighted by Crippen LogP contribution is -2.22. The van der Waals surface area contributed by atoms with Gasteiger partial charge in [-0.15, -0.1) is 0 Å². The molecule has 0 amide bonds. The van der Waals surface area contributed by atoms with Crippen LogP contribution < -0.4 is 9.64 Å². The van der Waals surface area contributed by atoms with Crippen LogP contribution in [0.5, 0.6) is 11.5 Å². The zero-order valence-corrected chi connectivity index (χ0v) is 17.7. The van der Waals surface area contributed by atoms with E-state index in [0.717, 1.165) is 41.2 Å². The second-order valence-corrected chi connectivity index (χ2v) is 8.20. The molecule has 2 heterocycles. The molecule has 0 radical (unpaired) electrons. The van der Waals surface area contributed by atoms with Crippen molar-refractivity contribution in [1.29, 1.82) is 0 Å². The van der Waals surface area contributed by atoms with Crippen molar-refractivity contribution >= 4 is 5.82 Å². The highest BCUT2D eigenvalue weighted by Gasteiger charge is 2.23. The quantitative estimate of drug-likeness (QED) is 0.640. The van der Waals surface area contributed by atoms with E-state index in [-0.39, 0.29) is 18.0 Å². The Labute approximate surface area is 177 Å². The molecule has 30 heavy (non-hydrogen) atoms. The largest absolute Gasteiger partial charge is 0.507 e. The molecule has 1 unspecified atom stereocenters. The Morgan fingerprint density at radius 1 is 1.03 bits per heavy atom. The summed E-state index contributed by atoms with van der Waals surface area (Å²) < 4.78 is 5.76. The maximum atomic E-state index is 10.5. The molecule has 1 atom stereocenters. The number of phenols is 1. The Hall–Kier alpha value is -3.05. The Bertz CT molecular complexity index is 1030. The number of aliphatic hydroxyl groups is 1. The SMILES string of the molecule is Cc1ccc(O)c(-c2cc(-c3ccc(OC(C)C)cc3)cc(N3CCC(O)C3)n2)c1. The van der Waals surface area contributed by atoms with Gasteiger partial charge in [0.05, 0.1) is 17.9 Å². The topological polar surface area (TPSA) is 65.8 Å². The first-order chi connectivity index (χ1) is 14.4. The number of pyridine rings is 1. The number of hydrogen-bond donors (Lipinski definition) is 2. The summed E-state index contributed by atoms with van der Waals surface area (Å²) >= 11 is 0. The highest BCUT2D eigenvalue weighted by molar-refractivity contribution is 5.77. The fourth-order valence-electron chi connectivity index (χ4n) is 3.79. The first kappa shape index (κ1) is 20.2. The van der Waals surface area contributed by atoms with Crippen LogP contribution in [0, 0.1) is 6.92 Å². The zero-order chi connectivity index (χ0) is 21.3. The van der Waals surface area contributed by atoms with Crippen molar-refractivity contribution in [2.75, 3.05) is 18.0 Å². The van der Waals surface area contributed by atoms with Crippen LogP contribution in [0.25, 0.3) is 22.4 Å². The van der Waals surface area contributed by atoms with E-state index < -0.39 is 0 Å². The number of nitrogens with zero attached hydrogens (tertiary/aromatic N) is 2. The van der Waals surface area contributed by atoms with Gasteiger partial charge in [-0.05, 0) is 74.7 Å². The molecule has 0 spiro atoms. The van der Waals surface area contributed by atoms with Crippen molar-refractivity contribution in [2.24, 2.45) is 0 Å². The van der Waals surface area contributed by atoms with E-state index in [2.05, 4.69) is 4.90 Å². The molecule has 0 saturated carbocycles. The Balaban J connectivity index is 1.78. The fraction of sp³-hybridized carbons (Fsp3) is 0.320. The van der Waals surface area contributed by atoms with Crippen LogP contribution in [0.2, 0.25) is 0 Å². The highest BCUT2D eigenvalue weighted by atomic mass is 16.5. The monoisotopic (exact) mass is 404 g/mol. The maximum Gasteiger partial charge on any atom is 0.129 e. The molecular weight excluding hydrogens is 376 g/mol. The number of aromatic hydroxyl groups is 1. The van der Waals surface area contributed by atoms with Gasteiger partial charge in [-0.1, -0.05) is 23.8 Å². The number of aromatic nitrogens is 1. The van der Waals surface area contributed by atoms with Gasteiger partial charge >= 0.3 is 0 Å². The summed E-state index contributed by atoms with van der Waals surface area (Å²) in [7, 11) is 0. The molecule has 2 aromatic carbocycles. The molecule has 3 aromatic rings. The molecule has 0 bridgehead atoms. The minimum absolute atomic E-state index is 0.126. The predicted octanol–water partition coefficient (Wildman–Crippen LogP) is 4.79. The smallest absolute Gasteiger partial charge is 0.129 e. The minimum Gasteiger partial charge on any atom is -0.507 e. The van der Waals surface area contributed by atoms with Crippen molar-refractivity contribution in [3.8, 4) is 33.9 Å². The van der Waals surface area contributed by atoms with Gasteiger partial charge in [0.2, 0.25) is 0 Å². The number of ether oxygens (including phenoxy) is 1. The summed E-state index contributed by atoms with van der Waals surface area (Å²) in [6.45, 7) is 7.34. The van der Waals surface area contributed by atoms with E-state index in [1.807, 2.05) is 69.3 Å². The number of hydrogen-bond acceptors (Lipinski definition) is 5. The molecule has 2 N–H and O–H groups in total. The van der Waals surface area contributed by atoms with Gasteiger partial charge in [0, 0.05) is 18.7 Å². The summed E-state index contributed by atoms with van der Waals surface area (Å²) in [5.41, 5.74) is 4.53. The Morgan fingerprint density at radius 3 is 2.47 bits per heavy atom. The number of aryl methyl sites for hydroxylation is 1. The number of anilines is 1. The molecule has 0 aliphatic carbocycles. The van der Waals surface area contributed by atoms with Gasteiger partial charge in [0.25, 0.3) is 0 Å². The first-order valence-electron chi connectivity index (χ1n) is 10.4. The van der Waals surface area contributed by atoms with Gasteiger partial charge in [-0.3, -0.25) is 0 Å². The van der Waals surface area contributed by atoms with E-state index >= 15 is 0 Å². The average Bonchev–Trinajstić information content (AvgIpc) is 3.16. The number of rotatable bonds is 5. The lowest BCUT2D eigenvalue weighted by atomic mass is 10.0. The minimum atomic E-state index is -0.334. The van der Waals surface area contributed by atoms with E-state index in [4.69, 9.17) is 9.72 Å². The molecule has 1 aliphatic heterocycles. The summed E-state index contributed by atoms with van der Waals surface area (Å²) in [4.78, 5) is 6.93. The predicted molar refractivity (Wildman–Crippen MR) is 120 cm³/mol. The van der Waals surface area contributed by atoms with Crippen molar-refractivity contribution in [3.63, 3.8) is 0 Å². The van der Waals surface area contributed by atoms with Gasteiger partial charge in [-0.25, -0.2) is 4.98 Å². The van der Waals surface area contributed by atoms with Crippen molar-refractivity contribution < 1.29 is 14.9 Å². The molecule has 1 saturated heterocycles. The summed E-state index contributed by atoms with van der Waals surface area (Å²) in [6.07, 6.45) is 0.526. The third-order valence-corrected chi connectivity index (χ3v) is 5.29. The number of aliphatic hydroxyl groups excluding tert-OH is 1. The molecular formula is C25H28N2O3. The maximum absolute atomic E-state index is 10.5. The van der Waals surface area contributed by atoms with Crippen LogP contribution in [0.15, 0.2) is 54.6 Å². The van der Waals surface area contributed by atoms with E-state index in [1.54, 1.807) is 6.07 Å². The number of β-amino-alcohol motifs (C(OH)–C–C–N with tert-alkyl or cyclic N) is 1. The fourth-order valence-corrected chi connectivity index (χ4v) is 3.79. The normalized spacial score (nSPS) is 16.3. The van der Waals surface area contributed by atoms with Crippen LogP contribution >= 0.6 is 0 Å². The molecule has 156 valence electrons. The van der Waals surface area contributed by atoms with E-state index in [9.17, 15) is 10.2 Å². The molecule has 5 heteroatoms. The zero-order valence-electron chi connectivity index (χ0n) is 17.7. The van der Waals surface area contributed by atoms with Crippen LogP contribution in [-0.4, -0.2) is 40.5 Å². The van der Waals surface area contributed by atoms with Gasteiger partial charge in [0.15, 0.2) is 0 Å². The summed E-state index contributed by atoms with van der Waals surface area (Å²) in [5.74, 6) is 1.85. The lowest BCUT2D eigenvalue weighted by Gasteiger charge is -2.19. The second-order valence-electron chi connectivity index (χ2n) is 8.20. The van der Waals surface area contributed by atoms with Gasteiger partial charge in [0.1, 0.15) is 17.3 Å². The number of phenolic OH excluding ortho intramolecular Hbond substituents is 1. The third kappa shape index (κ3) is 4.41. The van der Waals surface area contributed by atoms with Crippen LogP contribution in [-0.2, 0) is 0 Å². The van der Waals surface area contributed by atoms with E-state index in [0.29, 0.717) is 17.8 Å². The lowest BCUT2D eigenvalue weighted by molar-refractivity contribution is 0.198. The summed E-state index contributed by atoms with van der Waals surface area (Å²) in [5, 5.41) is 20.5. The second kappa shape index (κ2) is 8.36. The van der Waals surface area contributed by atoms with Crippen LogP contribution in [0.1, 0.15) is 25.8 Å². The molecule has 4 rings (SSSR count). The van der Waals surface area contributed by atoms with Crippen molar-refractivity contribution in [3.05, 3.63) is 60.2 Å². The molecule has 1 fully saturated rings. The Morgan fingerprint density at radius 2 is 1.80 bits per heavy atom. The van der Waals surface area contributed by atoms with E-state index in [1.165, 1.54) is 0 Å². The standard InChI is InChI=1S/C25H28N2O3/c1-16(2)30-21-7-5-18(6-8-21)19-13-23(22-12-17(3)4-9-24(22)29)26-25(14-19)27-11-10-20(28)15-27/h4-9,12-14,16,20,28-29H,10-11,15H2,1-3H3. The summed E-state index contributed by atoms with van der Waals surface area (Å²) in [6, 6.07) is 17.6. The average molecular weight is 405 g/mol. The molecule has 1 aliphatic rings. The first-order valence-corrected chi connectivity index (χ1v) is 10.4. The number of benzene rings is 2. The third-order valence-electron chi connectivity index (χ3n) is 5.29. The molecule has 1 aromatic heterocycles. The van der Waals surface area contributed by atoms with Crippen LogP contribution in [0.3, 0.4) is 0 Å². The van der Waals surface area contributed by atoms with Crippen molar-refractivity contribution in [2.45, 2.75) is 39.4 Å². The van der Waals surface area contributed by atoms with Gasteiger partial charge in [-0.2, -0.15) is 0 Å². The van der Waals surface area contributed by atoms with Crippen LogP contribution in [0.4, 0.5) is 5.82 Å². The molecule has 5 nitrogen and oxygen atoms in total. The Kier molecular flexibility index (Phi) is 5.64. The van der Waals surface area contributed by atoms with Crippen molar-refractivity contribution in [1.82, 2.24) is 4.98 Å². The highest BCUT2D eigenvalue weighted by Crippen LogP contribution is 2.35. The van der Waals surface area contributed by atoms with Gasteiger partial charge < -0.3 is 19.8 Å².